The standard InChI is InChI=1S/C8H8N2.C8H6N2/c2*1-2-4-8-7(3-1)5-9-6-10-8/h1-5,10H,6H2;1-6H. The normalized spacial score (nSPS) is 12.0. The average molecular weight is 262 g/mol. The number of fused-ring (bicyclic) bond motifs is 2. The van der Waals surface area contributed by atoms with Crippen LogP contribution in [0.4, 0.5) is 5.69 Å². The van der Waals surface area contributed by atoms with Crippen molar-refractivity contribution in [2.75, 3.05) is 12.0 Å². The molecular weight excluding hydrogens is 248 g/mol. The molecule has 4 rings (SSSR count). The zero-order chi connectivity index (χ0) is 13.6. The van der Waals surface area contributed by atoms with Gasteiger partial charge in [0.15, 0.2) is 0 Å². The van der Waals surface area contributed by atoms with Crippen molar-refractivity contribution in [2.24, 2.45) is 4.99 Å². The lowest BCUT2D eigenvalue weighted by molar-refractivity contribution is 1.13. The van der Waals surface area contributed by atoms with Crippen molar-refractivity contribution in [1.29, 1.82) is 0 Å². The highest BCUT2D eigenvalue weighted by molar-refractivity contribution is 5.89. The minimum absolute atomic E-state index is 0.705. The molecule has 1 aliphatic rings. The van der Waals surface area contributed by atoms with E-state index in [1.165, 1.54) is 11.3 Å². The Labute approximate surface area is 117 Å². The van der Waals surface area contributed by atoms with Crippen LogP contribution in [0.25, 0.3) is 10.9 Å². The highest BCUT2D eigenvalue weighted by Gasteiger charge is 1.99. The van der Waals surface area contributed by atoms with Crippen LogP contribution in [0.3, 0.4) is 0 Å². The summed E-state index contributed by atoms with van der Waals surface area (Å²) < 4.78 is 0. The summed E-state index contributed by atoms with van der Waals surface area (Å²) in [5.41, 5.74) is 3.35. The maximum Gasteiger partial charge on any atom is 0.116 e. The van der Waals surface area contributed by atoms with Gasteiger partial charge in [-0.25, -0.2) is 9.97 Å². The Morgan fingerprint density at radius 2 is 1.80 bits per heavy atom. The highest BCUT2D eigenvalue weighted by Crippen LogP contribution is 2.14. The summed E-state index contributed by atoms with van der Waals surface area (Å²) in [6.45, 7) is 0.705. The molecule has 0 radical (unpaired) electrons. The molecule has 0 spiro atoms. The third-order valence-corrected chi connectivity index (χ3v) is 2.97. The van der Waals surface area contributed by atoms with Crippen LogP contribution in [0.15, 0.2) is 66.0 Å². The smallest absolute Gasteiger partial charge is 0.116 e. The van der Waals surface area contributed by atoms with E-state index in [1.54, 1.807) is 6.33 Å². The molecule has 1 aromatic heterocycles. The van der Waals surface area contributed by atoms with Gasteiger partial charge in [0, 0.05) is 29.0 Å². The monoisotopic (exact) mass is 262 g/mol. The maximum absolute atomic E-state index is 4.08. The second-order valence-corrected chi connectivity index (χ2v) is 4.32. The van der Waals surface area contributed by atoms with Crippen molar-refractivity contribution in [2.45, 2.75) is 0 Å². The number of hydrogen-bond donors (Lipinski definition) is 1. The number of aromatic nitrogens is 2. The number of para-hydroxylation sites is 2. The van der Waals surface area contributed by atoms with E-state index in [2.05, 4.69) is 26.3 Å². The molecule has 4 nitrogen and oxygen atoms in total. The summed E-state index contributed by atoms with van der Waals surface area (Å²) in [6.07, 6.45) is 5.26. The van der Waals surface area contributed by atoms with Crippen molar-refractivity contribution in [3.8, 4) is 0 Å². The van der Waals surface area contributed by atoms with Gasteiger partial charge in [-0.15, -0.1) is 0 Å². The lowest BCUT2D eigenvalue weighted by Crippen LogP contribution is -2.06. The molecule has 98 valence electrons. The lowest BCUT2D eigenvalue weighted by atomic mass is 10.2. The average Bonchev–Trinajstić information content (AvgIpc) is 2.56. The van der Waals surface area contributed by atoms with Gasteiger partial charge in [0.2, 0.25) is 0 Å². The Hall–Kier alpha value is -2.75. The van der Waals surface area contributed by atoms with E-state index < -0.39 is 0 Å². The van der Waals surface area contributed by atoms with Crippen molar-refractivity contribution in [3.05, 3.63) is 66.6 Å². The Bertz CT molecular complexity index is 672. The number of anilines is 1. The van der Waals surface area contributed by atoms with E-state index in [0.717, 1.165) is 10.9 Å². The Morgan fingerprint density at radius 3 is 2.70 bits per heavy atom. The molecule has 20 heavy (non-hydrogen) atoms. The minimum Gasteiger partial charge on any atom is -0.366 e. The van der Waals surface area contributed by atoms with Crippen molar-refractivity contribution in [3.63, 3.8) is 0 Å². The number of aliphatic imine (C=N–C) groups is 1. The van der Waals surface area contributed by atoms with Crippen molar-refractivity contribution >= 4 is 22.8 Å². The van der Waals surface area contributed by atoms with Gasteiger partial charge in [-0.05, 0) is 12.1 Å². The Kier molecular flexibility index (Phi) is 3.64. The fraction of sp³-hybridized carbons (Fsp3) is 0.0625. The number of nitrogens with one attached hydrogen (secondary N) is 1. The molecule has 1 N–H and O–H groups in total. The Balaban J connectivity index is 0.000000121. The quantitative estimate of drug-likeness (QED) is 0.677. The summed E-state index contributed by atoms with van der Waals surface area (Å²) in [4.78, 5) is 12.1. The first-order valence-electron chi connectivity index (χ1n) is 6.41. The molecule has 0 bridgehead atoms. The molecule has 0 saturated heterocycles. The first-order chi connectivity index (χ1) is 9.93. The van der Waals surface area contributed by atoms with Crippen LogP contribution in [0, 0.1) is 0 Å². The second-order valence-electron chi connectivity index (χ2n) is 4.32. The van der Waals surface area contributed by atoms with E-state index in [-0.39, 0.29) is 0 Å². The van der Waals surface area contributed by atoms with Gasteiger partial charge < -0.3 is 5.32 Å². The maximum atomic E-state index is 4.08. The molecule has 0 amide bonds. The van der Waals surface area contributed by atoms with Crippen LogP contribution < -0.4 is 5.32 Å². The van der Waals surface area contributed by atoms with Crippen molar-refractivity contribution < 1.29 is 0 Å². The molecule has 0 saturated carbocycles. The SMILES string of the molecule is C1=NCNc2ccccc21.c1ccc2ncncc2c1. The summed E-state index contributed by atoms with van der Waals surface area (Å²) in [7, 11) is 0. The summed E-state index contributed by atoms with van der Waals surface area (Å²) in [5, 5.41) is 4.25. The zero-order valence-corrected chi connectivity index (χ0v) is 10.9. The van der Waals surface area contributed by atoms with Crippen LogP contribution >= 0.6 is 0 Å². The van der Waals surface area contributed by atoms with Crippen LogP contribution in [0.2, 0.25) is 0 Å². The van der Waals surface area contributed by atoms with Gasteiger partial charge in [-0.3, -0.25) is 4.99 Å². The summed E-state index contributed by atoms with van der Waals surface area (Å²) in [6, 6.07) is 16.0. The molecule has 2 heterocycles. The lowest BCUT2D eigenvalue weighted by Gasteiger charge is -2.10. The first kappa shape index (κ1) is 12.3. The van der Waals surface area contributed by atoms with Crippen molar-refractivity contribution in [1.82, 2.24) is 9.97 Å². The minimum atomic E-state index is 0.705. The topological polar surface area (TPSA) is 50.2 Å². The van der Waals surface area contributed by atoms with E-state index in [4.69, 9.17) is 0 Å². The molecule has 0 fully saturated rings. The molecular formula is C16H14N4. The van der Waals surface area contributed by atoms with Gasteiger partial charge in [-0.2, -0.15) is 0 Å². The first-order valence-corrected chi connectivity index (χ1v) is 6.41. The highest BCUT2D eigenvalue weighted by atomic mass is 15.0. The summed E-state index contributed by atoms with van der Waals surface area (Å²) >= 11 is 0. The number of benzene rings is 2. The molecule has 0 unspecified atom stereocenters. The zero-order valence-electron chi connectivity index (χ0n) is 10.9. The molecule has 1 aliphatic heterocycles. The van der Waals surface area contributed by atoms with Gasteiger partial charge in [0.05, 0.1) is 5.52 Å². The number of rotatable bonds is 0. The molecule has 0 aliphatic carbocycles. The van der Waals surface area contributed by atoms with Crippen LogP contribution in [-0.4, -0.2) is 22.9 Å². The summed E-state index contributed by atoms with van der Waals surface area (Å²) in [5.74, 6) is 0. The largest absolute Gasteiger partial charge is 0.366 e. The molecule has 2 aromatic carbocycles. The predicted octanol–water partition coefficient (Wildman–Crippen LogP) is 3.12. The van der Waals surface area contributed by atoms with Gasteiger partial charge >= 0.3 is 0 Å². The van der Waals surface area contributed by atoms with Gasteiger partial charge in [-0.1, -0.05) is 36.4 Å². The molecule has 0 atom stereocenters. The molecule has 4 heteroatoms. The fourth-order valence-corrected chi connectivity index (χ4v) is 1.97. The number of nitrogens with zero attached hydrogens (tertiary/aromatic N) is 3. The van der Waals surface area contributed by atoms with Gasteiger partial charge in [0.25, 0.3) is 0 Å². The second kappa shape index (κ2) is 5.93. The van der Waals surface area contributed by atoms with Crippen LogP contribution in [-0.2, 0) is 0 Å². The molecule has 3 aromatic rings. The fourth-order valence-electron chi connectivity index (χ4n) is 1.97. The van der Waals surface area contributed by atoms with E-state index in [1.807, 2.05) is 54.9 Å². The van der Waals surface area contributed by atoms with Gasteiger partial charge in [0.1, 0.15) is 13.0 Å². The number of hydrogen-bond acceptors (Lipinski definition) is 4. The van der Waals surface area contributed by atoms with Crippen LogP contribution in [0.5, 0.6) is 0 Å². The Morgan fingerprint density at radius 1 is 0.950 bits per heavy atom. The third-order valence-electron chi connectivity index (χ3n) is 2.97. The predicted molar refractivity (Wildman–Crippen MR) is 82.1 cm³/mol. The van der Waals surface area contributed by atoms with E-state index in [0.29, 0.717) is 6.67 Å². The van der Waals surface area contributed by atoms with Crippen LogP contribution in [0.1, 0.15) is 5.56 Å². The van der Waals surface area contributed by atoms with E-state index >= 15 is 0 Å². The van der Waals surface area contributed by atoms with E-state index in [9.17, 15) is 0 Å². The third kappa shape index (κ3) is 2.80.